The van der Waals surface area contributed by atoms with Gasteiger partial charge in [-0.25, -0.2) is 4.79 Å². The van der Waals surface area contributed by atoms with Gasteiger partial charge in [0, 0.05) is 46.8 Å². The number of hydrogen-bond donors (Lipinski definition) is 0. The molecule has 2 aliphatic heterocycles. The van der Waals surface area contributed by atoms with Gasteiger partial charge in [0.05, 0.1) is 26.1 Å². The highest BCUT2D eigenvalue weighted by Crippen LogP contribution is 2.22. The molecule has 11 heteroatoms. The Balaban J connectivity index is 0.00000256. The Morgan fingerprint density at radius 3 is 2.43 bits per heavy atom. The van der Waals surface area contributed by atoms with Crippen molar-refractivity contribution in [1.29, 1.82) is 0 Å². The van der Waals surface area contributed by atoms with Gasteiger partial charge in [-0.3, -0.25) is 18.9 Å². The van der Waals surface area contributed by atoms with Gasteiger partial charge in [0.15, 0.2) is 11.2 Å². The van der Waals surface area contributed by atoms with Gasteiger partial charge in [-0.2, -0.15) is 4.98 Å². The number of fused-ring (bicyclic) bond motifs is 1. The lowest BCUT2D eigenvalue weighted by molar-refractivity contribution is 0.0700. The van der Waals surface area contributed by atoms with Gasteiger partial charge in [-0.05, 0) is 19.3 Å². The van der Waals surface area contributed by atoms with Gasteiger partial charge in [0.2, 0.25) is 5.95 Å². The molecule has 2 aliphatic rings. The van der Waals surface area contributed by atoms with Crippen LogP contribution in [0, 0.1) is 0 Å². The molecule has 0 bridgehead atoms. The van der Waals surface area contributed by atoms with Crippen LogP contribution in [0.15, 0.2) is 14.6 Å². The van der Waals surface area contributed by atoms with Crippen LogP contribution in [-0.2, 0) is 25.4 Å². The predicted molar refractivity (Wildman–Crippen MR) is 119 cm³/mol. The molecule has 10 nitrogen and oxygen atoms in total. The summed E-state index contributed by atoms with van der Waals surface area (Å²) in [6.45, 7) is 6.04. The summed E-state index contributed by atoms with van der Waals surface area (Å²) >= 11 is 0. The molecule has 2 aromatic rings. The summed E-state index contributed by atoms with van der Waals surface area (Å²) in [5, 5.41) is 0. The fraction of sp³-hybridized carbons (Fsp3) is 0.684. The van der Waals surface area contributed by atoms with E-state index in [-0.39, 0.29) is 23.7 Å². The summed E-state index contributed by atoms with van der Waals surface area (Å²) in [6.07, 6.45) is 5.29. The summed E-state index contributed by atoms with van der Waals surface area (Å²) in [4.78, 5) is 38.9. The van der Waals surface area contributed by atoms with Gasteiger partial charge >= 0.3 is 5.69 Å². The highest BCUT2D eigenvalue weighted by atomic mass is 35.5. The van der Waals surface area contributed by atoms with Crippen LogP contribution in [0.4, 0.5) is 5.95 Å². The van der Waals surface area contributed by atoms with E-state index in [0.717, 1.165) is 62.7 Å². The molecule has 0 N–H and O–H groups in total. The van der Waals surface area contributed by atoms with E-state index in [1.807, 2.05) is 10.9 Å². The number of aryl methyl sites for hydroxylation is 1. The Bertz CT molecular complexity index is 1010. The summed E-state index contributed by atoms with van der Waals surface area (Å²) in [5.74, 6) is 0.763. The number of morpholine rings is 1. The number of imidazole rings is 1. The van der Waals surface area contributed by atoms with Crippen molar-refractivity contribution in [3.8, 4) is 0 Å². The number of aliphatic imine (C=N–C) groups is 1. The maximum atomic E-state index is 12.9. The van der Waals surface area contributed by atoms with Crippen molar-refractivity contribution in [3.63, 3.8) is 0 Å². The molecule has 2 saturated heterocycles. The van der Waals surface area contributed by atoms with Crippen molar-refractivity contribution < 1.29 is 4.74 Å². The predicted octanol–water partition coefficient (Wildman–Crippen LogP) is 0.206. The minimum absolute atomic E-state index is 0. The number of anilines is 1. The van der Waals surface area contributed by atoms with Gasteiger partial charge in [0.25, 0.3) is 5.56 Å². The van der Waals surface area contributed by atoms with Crippen LogP contribution in [0.3, 0.4) is 0 Å². The first kappa shape index (κ1) is 22.4. The monoisotopic (exact) mass is 439 g/mol. The smallest absolute Gasteiger partial charge is 0.332 e. The second-order valence-electron chi connectivity index (χ2n) is 7.66. The molecule has 0 amide bonds. The van der Waals surface area contributed by atoms with Crippen LogP contribution >= 0.6 is 12.4 Å². The first-order valence-electron chi connectivity index (χ1n) is 10.3. The summed E-state index contributed by atoms with van der Waals surface area (Å²) in [7, 11) is 3.18. The minimum Gasteiger partial charge on any atom is -0.378 e. The number of rotatable bonds is 5. The third kappa shape index (κ3) is 4.24. The molecular formula is C19H30ClN7O3. The highest BCUT2D eigenvalue weighted by Gasteiger charge is 2.23. The lowest BCUT2D eigenvalue weighted by Crippen LogP contribution is -2.37. The maximum Gasteiger partial charge on any atom is 0.332 e. The van der Waals surface area contributed by atoms with Gasteiger partial charge in [-0.15, -0.1) is 12.4 Å². The van der Waals surface area contributed by atoms with Crippen molar-refractivity contribution >= 4 is 35.9 Å². The Morgan fingerprint density at radius 1 is 1.03 bits per heavy atom. The summed E-state index contributed by atoms with van der Waals surface area (Å²) in [5.41, 5.74) is 0.242. The normalized spacial score (nSPS) is 17.7. The van der Waals surface area contributed by atoms with Crippen molar-refractivity contribution in [1.82, 2.24) is 23.6 Å². The zero-order valence-electron chi connectivity index (χ0n) is 17.6. The Labute approximate surface area is 181 Å². The summed E-state index contributed by atoms with van der Waals surface area (Å²) in [6, 6.07) is 0. The molecule has 0 saturated carbocycles. The van der Waals surface area contributed by atoms with E-state index in [1.54, 1.807) is 7.05 Å². The van der Waals surface area contributed by atoms with Crippen LogP contribution in [0.25, 0.3) is 11.2 Å². The van der Waals surface area contributed by atoms with Crippen LogP contribution < -0.4 is 16.1 Å². The first-order valence-corrected chi connectivity index (χ1v) is 10.3. The second kappa shape index (κ2) is 9.65. The van der Waals surface area contributed by atoms with E-state index in [1.165, 1.54) is 18.0 Å². The van der Waals surface area contributed by atoms with Gasteiger partial charge < -0.3 is 19.1 Å². The number of nitrogens with zero attached hydrogens (tertiary/aromatic N) is 7. The molecule has 2 aromatic heterocycles. The van der Waals surface area contributed by atoms with E-state index in [4.69, 9.17) is 9.72 Å². The molecule has 0 aliphatic carbocycles. The van der Waals surface area contributed by atoms with E-state index < -0.39 is 0 Å². The first-order chi connectivity index (χ1) is 14.1. The lowest BCUT2D eigenvalue weighted by atomic mass is 10.1. The molecule has 4 rings (SSSR count). The quantitative estimate of drug-likeness (QED) is 0.488. The molecule has 0 atom stereocenters. The number of hydrogen-bond acceptors (Lipinski definition) is 6. The second-order valence-corrected chi connectivity index (χ2v) is 7.66. The van der Waals surface area contributed by atoms with Crippen LogP contribution in [-0.4, -0.2) is 75.9 Å². The third-order valence-corrected chi connectivity index (χ3v) is 5.71. The Hall–Kier alpha value is -2.33. The topological polar surface area (TPSA) is 89.9 Å². The summed E-state index contributed by atoms with van der Waals surface area (Å²) < 4.78 is 9.90. The molecule has 0 radical (unpaired) electrons. The molecular weight excluding hydrogens is 410 g/mol. The highest BCUT2D eigenvalue weighted by molar-refractivity contribution is 5.85. The fourth-order valence-corrected chi connectivity index (χ4v) is 4.01. The van der Waals surface area contributed by atoms with Crippen molar-refractivity contribution in [2.24, 2.45) is 19.1 Å². The Morgan fingerprint density at radius 2 is 1.73 bits per heavy atom. The van der Waals surface area contributed by atoms with E-state index in [9.17, 15) is 9.59 Å². The number of ether oxygens (including phenoxy) is 1. The standard InChI is InChI=1S/C19H29N7O3.ClH/c1-22-16-15(17(27)23(2)19(22)28)26(18(21-16)25-7-4-3-5-8-25)9-6-20-14-24-10-12-29-13-11-24;/h14H,3-13H2,1-2H3;1H. The zero-order chi connectivity index (χ0) is 20.4. The maximum absolute atomic E-state index is 12.9. The molecule has 0 aromatic carbocycles. The van der Waals surface area contributed by atoms with E-state index in [0.29, 0.717) is 24.3 Å². The van der Waals surface area contributed by atoms with E-state index in [2.05, 4.69) is 14.8 Å². The van der Waals surface area contributed by atoms with E-state index >= 15 is 0 Å². The van der Waals surface area contributed by atoms with Crippen LogP contribution in [0.5, 0.6) is 0 Å². The minimum atomic E-state index is -0.359. The van der Waals surface area contributed by atoms with Crippen molar-refractivity contribution in [2.75, 3.05) is 50.8 Å². The number of aromatic nitrogens is 4. The van der Waals surface area contributed by atoms with Gasteiger partial charge in [0.1, 0.15) is 0 Å². The average molecular weight is 440 g/mol. The molecule has 30 heavy (non-hydrogen) atoms. The van der Waals surface area contributed by atoms with Gasteiger partial charge in [-0.1, -0.05) is 0 Å². The largest absolute Gasteiger partial charge is 0.378 e. The number of piperidine rings is 1. The van der Waals surface area contributed by atoms with Crippen molar-refractivity contribution in [2.45, 2.75) is 25.8 Å². The third-order valence-electron chi connectivity index (χ3n) is 5.71. The SMILES string of the molecule is Cl.Cn1c(=O)c2c(nc(N3CCCCC3)n2CCN=CN2CCOCC2)n(C)c1=O. The van der Waals surface area contributed by atoms with Crippen molar-refractivity contribution in [3.05, 3.63) is 20.8 Å². The average Bonchev–Trinajstić information content (AvgIpc) is 3.15. The fourth-order valence-electron chi connectivity index (χ4n) is 4.01. The van der Waals surface area contributed by atoms with Crippen LogP contribution in [0.2, 0.25) is 0 Å². The zero-order valence-corrected chi connectivity index (χ0v) is 18.4. The Kier molecular flexibility index (Phi) is 7.19. The molecule has 0 spiro atoms. The number of halogens is 1. The lowest BCUT2D eigenvalue weighted by Gasteiger charge is -2.28. The molecule has 0 unspecified atom stereocenters. The van der Waals surface area contributed by atoms with Crippen LogP contribution in [0.1, 0.15) is 19.3 Å². The molecule has 166 valence electrons. The molecule has 2 fully saturated rings. The molecule has 4 heterocycles.